The summed E-state index contributed by atoms with van der Waals surface area (Å²) in [5.41, 5.74) is 1.61. The van der Waals surface area contributed by atoms with Crippen LogP contribution in [0.5, 0.6) is 17.2 Å². The molecule has 1 aliphatic rings. The van der Waals surface area contributed by atoms with E-state index >= 15 is 0 Å². The summed E-state index contributed by atoms with van der Waals surface area (Å²) in [5, 5.41) is 3.12. The van der Waals surface area contributed by atoms with E-state index in [0.717, 1.165) is 0 Å². The number of carbonyl (C=O) groups is 2. The van der Waals surface area contributed by atoms with Crippen LogP contribution in [0.3, 0.4) is 0 Å². The summed E-state index contributed by atoms with van der Waals surface area (Å²) in [6.07, 6.45) is -0.00231. The number of ether oxygens (including phenoxy) is 4. The second-order valence-electron chi connectivity index (χ2n) is 7.58. The zero-order valence-corrected chi connectivity index (χ0v) is 19.6. The molecule has 2 amide bonds. The van der Waals surface area contributed by atoms with Crippen LogP contribution in [0, 0.1) is 0 Å². The third-order valence-corrected chi connectivity index (χ3v) is 5.06. The molecule has 3 rings (SSSR count). The number of hydrogen-bond acceptors (Lipinski definition) is 7. The van der Waals surface area contributed by atoms with E-state index in [2.05, 4.69) is 5.32 Å². The van der Waals surface area contributed by atoms with Crippen molar-refractivity contribution >= 4 is 23.1 Å². The Balaban J connectivity index is 1.99. The summed E-state index contributed by atoms with van der Waals surface area (Å²) in [6, 6.07) is 12.3. The Kier molecular flexibility index (Phi) is 7.95. The van der Waals surface area contributed by atoms with Crippen molar-refractivity contribution in [2.45, 2.75) is 26.9 Å². The van der Waals surface area contributed by atoms with Gasteiger partial charge in [-0.2, -0.15) is 0 Å². The van der Waals surface area contributed by atoms with Gasteiger partial charge in [-0.15, -0.1) is 0 Å². The third-order valence-electron chi connectivity index (χ3n) is 5.06. The molecule has 0 bridgehead atoms. The molecular weight excluding hydrogens is 424 g/mol. The monoisotopic (exact) mass is 454 g/mol. The smallest absolute Gasteiger partial charge is 0.278 e. The minimum Gasteiger partial charge on any atom is -0.497 e. The highest BCUT2D eigenvalue weighted by molar-refractivity contribution is 6.36. The van der Waals surface area contributed by atoms with Crippen molar-refractivity contribution < 1.29 is 28.5 Å². The molecule has 1 N–H and O–H groups in total. The number of imide groups is 1. The quantitative estimate of drug-likeness (QED) is 0.518. The van der Waals surface area contributed by atoms with Crippen molar-refractivity contribution in [2.75, 3.05) is 39.3 Å². The summed E-state index contributed by atoms with van der Waals surface area (Å²) >= 11 is 0. The maximum atomic E-state index is 13.3. The van der Waals surface area contributed by atoms with E-state index in [1.165, 1.54) is 12.0 Å². The number of nitrogens with zero attached hydrogens (tertiary/aromatic N) is 1. The minimum absolute atomic E-state index is 0.00231. The highest BCUT2D eigenvalue weighted by atomic mass is 16.5. The normalized spacial score (nSPS) is 13.7. The Bertz CT molecular complexity index is 1030. The van der Waals surface area contributed by atoms with Crippen LogP contribution in [-0.4, -0.2) is 56.8 Å². The van der Waals surface area contributed by atoms with E-state index in [4.69, 9.17) is 18.9 Å². The van der Waals surface area contributed by atoms with E-state index in [0.29, 0.717) is 35.1 Å². The van der Waals surface area contributed by atoms with Gasteiger partial charge in [0, 0.05) is 6.07 Å². The first-order valence-corrected chi connectivity index (χ1v) is 10.8. The molecule has 0 unspecified atom stereocenters. The first-order chi connectivity index (χ1) is 15.9. The van der Waals surface area contributed by atoms with Crippen LogP contribution in [0.2, 0.25) is 0 Å². The van der Waals surface area contributed by atoms with Gasteiger partial charge >= 0.3 is 0 Å². The lowest BCUT2D eigenvalue weighted by atomic mass is 10.0. The average Bonchev–Trinajstić information content (AvgIpc) is 3.04. The van der Waals surface area contributed by atoms with Gasteiger partial charge in [-0.05, 0) is 50.6 Å². The number of amides is 2. The number of carbonyl (C=O) groups excluding carboxylic acids is 2. The van der Waals surface area contributed by atoms with Crippen LogP contribution in [0.25, 0.3) is 5.57 Å². The SMILES string of the molecule is CCOc1ccc(C2=C(Nc3ccc(OC)cc3OC)C(=O)N(CCOC(C)C)C2=O)cc1. The van der Waals surface area contributed by atoms with E-state index < -0.39 is 5.91 Å². The van der Waals surface area contributed by atoms with Crippen LogP contribution in [0.15, 0.2) is 48.2 Å². The average molecular weight is 455 g/mol. The van der Waals surface area contributed by atoms with Crippen LogP contribution in [0.1, 0.15) is 26.3 Å². The lowest BCUT2D eigenvalue weighted by Gasteiger charge is -2.17. The van der Waals surface area contributed by atoms with Gasteiger partial charge in [0.05, 0.1) is 51.3 Å². The first kappa shape index (κ1) is 24.1. The number of anilines is 1. The van der Waals surface area contributed by atoms with Crippen molar-refractivity contribution in [2.24, 2.45) is 0 Å². The van der Waals surface area contributed by atoms with Gasteiger partial charge in [-0.25, -0.2) is 0 Å². The summed E-state index contributed by atoms with van der Waals surface area (Å²) < 4.78 is 21.8. The predicted octanol–water partition coefficient (Wildman–Crippen LogP) is 3.72. The molecule has 2 aromatic rings. The first-order valence-electron chi connectivity index (χ1n) is 10.8. The standard InChI is InChI=1S/C25H30N2O6/c1-6-32-18-9-7-17(8-10-18)22-23(25(29)27(24(22)28)13-14-33-16(2)3)26-20-12-11-19(30-4)15-21(20)31-5/h7-12,15-16,26H,6,13-14H2,1-5H3. The second-order valence-corrected chi connectivity index (χ2v) is 7.58. The molecular formula is C25H30N2O6. The summed E-state index contributed by atoms with van der Waals surface area (Å²) in [6.45, 7) is 6.65. The lowest BCUT2D eigenvalue weighted by molar-refractivity contribution is -0.137. The predicted molar refractivity (Wildman–Crippen MR) is 126 cm³/mol. The molecule has 0 saturated carbocycles. The van der Waals surface area contributed by atoms with Gasteiger partial charge < -0.3 is 24.3 Å². The van der Waals surface area contributed by atoms with Crippen LogP contribution < -0.4 is 19.5 Å². The summed E-state index contributed by atoms with van der Waals surface area (Å²) in [5.74, 6) is 0.974. The molecule has 2 aromatic carbocycles. The molecule has 8 heteroatoms. The molecule has 0 saturated heterocycles. The highest BCUT2D eigenvalue weighted by Gasteiger charge is 2.39. The van der Waals surface area contributed by atoms with E-state index in [1.54, 1.807) is 49.6 Å². The molecule has 176 valence electrons. The minimum atomic E-state index is -0.422. The van der Waals surface area contributed by atoms with Crippen molar-refractivity contribution in [1.29, 1.82) is 0 Å². The fourth-order valence-electron chi connectivity index (χ4n) is 3.46. The lowest BCUT2D eigenvalue weighted by Crippen LogP contribution is -2.35. The largest absolute Gasteiger partial charge is 0.497 e. The van der Waals surface area contributed by atoms with Gasteiger partial charge in [0.2, 0.25) is 0 Å². The number of nitrogens with one attached hydrogen (secondary N) is 1. The Hall–Kier alpha value is -3.52. The molecule has 0 fully saturated rings. The maximum Gasteiger partial charge on any atom is 0.278 e. The molecule has 0 atom stereocenters. The zero-order chi connectivity index (χ0) is 24.0. The molecule has 0 spiro atoms. The molecule has 33 heavy (non-hydrogen) atoms. The van der Waals surface area contributed by atoms with E-state index in [1.807, 2.05) is 20.8 Å². The second kappa shape index (κ2) is 10.9. The summed E-state index contributed by atoms with van der Waals surface area (Å²) in [7, 11) is 3.09. The maximum absolute atomic E-state index is 13.3. The number of hydrogen-bond donors (Lipinski definition) is 1. The van der Waals surface area contributed by atoms with Crippen molar-refractivity contribution in [1.82, 2.24) is 4.90 Å². The molecule has 1 aliphatic heterocycles. The Morgan fingerprint density at radius 2 is 1.64 bits per heavy atom. The molecule has 0 radical (unpaired) electrons. The fraction of sp³-hybridized carbons (Fsp3) is 0.360. The molecule has 0 aliphatic carbocycles. The topological polar surface area (TPSA) is 86.3 Å². The Morgan fingerprint density at radius 1 is 0.939 bits per heavy atom. The van der Waals surface area contributed by atoms with E-state index in [-0.39, 0.29) is 36.4 Å². The zero-order valence-electron chi connectivity index (χ0n) is 19.6. The van der Waals surface area contributed by atoms with Crippen molar-refractivity contribution in [3.63, 3.8) is 0 Å². The van der Waals surface area contributed by atoms with Crippen molar-refractivity contribution in [3.05, 3.63) is 53.7 Å². The van der Waals surface area contributed by atoms with Gasteiger partial charge in [0.25, 0.3) is 11.8 Å². The van der Waals surface area contributed by atoms with Crippen molar-refractivity contribution in [3.8, 4) is 17.2 Å². The van der Waals surface area contributed by atoms with Gasteiger partial charge in [-0.1, -0.05) is 12.1 Å². The molecule has 0 aromatic heterocycles. The molecule has 8 nitrogen and oxygen atoms in total. The Labute approximate surface area is 194 Å². The number of rotatable bonds is 11. The number of benzene rings is 2. The van der Waals surface area contributed by atoms with Crippen LogP contribution in [0.4, 0.5) is 5.69 Å². The van der Waals surface area contributed by atoms with Gasteiger partial charge in [0.1, 0.15) is 22.9 Å². The van der Waals surface area contributed by atoms with Gasteiger partial charge in [0.15, 0.2) is 0 Å². The van der Waals surface area contributed by atoms with Gasteiger partial charge in [-0.3, -0.25) is 14.5 Å². The third kappa shape index (κ3) is 5.46. The molecule has 1 heterocycles. The summed E-state index contributed by atoms with van der Waals surface area (Å²) in [4.78, 5) is 27.8. The van der Waals surface area contributed by atoms with Crippen LogP contribution >= 0.6 is 0 Å². The van der Waals surface area contributed by atoms with Crippen LogP contribution in [-0.2, 0) is 14.3 Å². The highest BCUT2D eigenvalue weighted by Crippen LogP contribution is 2.35. The number of methoxy groups -OCH3 is 2. The Morgan fingerprint density at radius 3 is 2.24 bits per heavy atom. The van der Waals surface area contributed by atoms with E-state index in [9.17, 15) is 9.59 Å². The fourth-order valence-corrected chi connectivity index (χ4v) is 3.46.